The van der Waals surface area contributed by atoms with Gasteiger partial charge in [0.15, 0.2) is 11.3 Å². The number of nitrogens with zero attached hydrogens (tertiary/aromatic N) is 2. The third-order valence-corrected chi connectivity index (χ3v) is 6.45. The highest BCUT2D eigenvalue weighted by Crippen LogP contribution is 2.32. The summed E-state index contributed by atoms with van der Waals surface area (Å²) < 4.78 is 55.5. The molecular weight excluding hydrogens is 432 g/mol. The Balaban J connectivity index is 1.90. The molecule has 30 heavy (non-hydrogen) atoms. The van der Waals surface area contributed by atoms with Gasteiger partial charge in [-0.1, -0.05) is 6.07 Å². The lowest BCUT2D eigenvalue weighted by Gasteiger charge is -2.20. The van der Waals surface area contributed by atoms with Crippen LogP contribution in [0.25, 0.3) is 5.52 Å². The molecule has 12 heteroatoms. The van der Waals surface area contributed by atoms with E-state index in [9.17, 15) is 26.7 Å². The molecule has 4 rings (SSSR count). The molecule has 156 valence electrons. The van der Waals surface area contributed by atoms with Crippen LogP contribution >= 0.6 is 0 Å². The number of aromatic nitrogens is 1. The highest BCUT2D eigenvalue weighted by atomic mass is 32.2. The molecule has 3 N–H and O–H groups in total. The fraction of sp³-hybridized carbons (Fsp3) is 0.111. The molecule has 1 aliphatic heterocycles. The first-order chi connectivity index (χ1) is 14.0. The molecule has 0 radical (unpaired) electrons. The third-order valence-electron chi connectivity index (χ3n) is 4.53. The van der Waals surface area contributed by atoms with E-state index in [2.05, 4.69) is 14.4 Å². The molecular formula is C18H16N4O6S2. The van der Waals surface area contributed by atoms with Gasteiger partial charge in [-0.2, -0.15) is 8.42 Å². The number of aromatic hydroxyl groups is 1. The number of anilines is 2. The van der Waals surface area contributed by atoms with Crippen molar-refractivity contribution in [2.24, 2.45) is 4.40 Å². The topological polar surface area (TPSA) is 146 Å². The monoisotopic (exact) mass is 448 g/mol. The minimum Gasteiger partial charge on any atom is -0.494 e. The van der Waals surface area contributed by atoms with Crippen LogP contribution in [0.15, 0.2) is 56.7 Å². The number of hydrogen-bond donors (Lipinski definition) is 3. The molecule has 0 fully saturated rings. The summed E-state index contributed by atoms with van der Waals surface area (Å²) in [5.74, 6) is -0.781. The minimum absolute atomic E-state index is 0.0461. The summed E-state index contributed by atoms with van der Waals surface area (Å²) in [6.45, 7) is 1.57. The van der Waals surface area contributed by atoms with Crippen molar-refractivity contribution in [2.75, 3.05) is 16.3 Å². The standard InChI is InChI=1S/C18H16N4O6S2/c1-10-13-5-3-4-8-22(13)18(24)15(16(10)23)17-19-12-7-6-11(20-29(2,25)26)9-14(12)30(27,28)21-17/h3-9,20,24H,1-2H3,(H,19,21). The van der Waals surface area contributed by atoms with Crippen molar-refractivity contribution in [2.45, 2.75) is 11.8 Å². The maximum Gasteiger partial charge on any atom is 0.286 e. The summed E-state index contributed by atoms with van der Waals surface area (Å²) in [6, 6.07) is 8.84. The van der Waals surface area contributed by atoms with Crippen LogP contribution in [0.2, 0.25) is 0 Å². The summed E-state index contributed by atoms with van der Waals surface area (Å²) in [4.78, 5) is 12.6. The van der Waals surface area contributed by atoms with Crippen LogP contribution < -0.4 is 15.5 Å². The Labute approximate surface area is 171 Å². The first-order valence-electron chi connectivity index (χ1n) is 8.55. The SMILES string of the molecule is Cc1c(=O)c(C2=NS(=O)(=O)c3cc(NS(C)(=O)=O)ccc3N2)c(O)n2ccccc12. The first kappa shape index (κ1) is 19.9. The predicted molar refractivity (Wildman–Crippen MR) is 112 cm³/mol. The Morgan fingerprint density at radius 3 is 2.63 bits per heavy atom. The fourth-order valence-corrected chi connectivity index (χ4v) is 4.92. The molecule has 0 saturated heterocycles. The average molecular weight is 448 g/mol. The van der Waals surface area contributed by atoms with Gasteiger partial charge in [0.25, 0.3) is 10.0 Å². The van der Waals surface area contributed by atoms with Crippen LogP contribution in [0.3, 0.4) is 0 Å². The van der Waals surface area contributed by atoms with Gasteiger partial charge in [-0.05, 0) is 37.3 Å². The smallest absolute Gasteiger partial charge is 0.286 e. The van der Waals surface area contributed by atoms with Crippen LogP contribution in [0.1, 0.15) is 11.1 Å². The van der Waals surface area contributed by atoms with E-state index < -0.39 is 31.4 Å². The zero-order valence-electron chi connectivity index (χ0n) is 15.7. The van der Waals surface area contributed by atoms with Crippen LogP contribution in [0, 0.1) is 6.92 Å². The summed E-state index contributed by atoms with van der Waals surface area (Å²) in [6.07, 6.45) is 2.48. The maximum atomic E-state index is 12.9. The zero-order valence-corrected chi connectivity index (χ0v) is 17.4. The van der Waals surface area contributed by atoms with E-state index in [-0.39, 0.29) is 27.7 Å². The van der Waals surface area contributed by atoms with Crippen LogP contribution in [0.5, 0.6) is 5.88 Å². The molecule has 3 aromatic rings. The lowest BCUT2D eigenvalue weighted by Crippen LogP contribution is -2.29. The number of pyridine rings is 2. The average Bonchev–Trinajstić information content (AvgIpc) is 2.65. The number of hydrogen-bond acceptors (Lipinski definition) is 7. The summed E-state index contributed by atoms with van der Waals surface area (Å²) in [5, 5.41) is 13.4. The van der Waals surface area contributed by atoms with Crippen LogP contribution in [0.4, 0.5) is 11.4 Å². The second-order valence-corrected chi connectivity index (χ2v) is 10.1. The molecule has 0 aliphatic carbocycles. The maximum absolute atomic E-state index is 12.9. The number of amidine groups is 1. The summed E-state index contributed by atoms with van der Waals surface area (Å²) in [5.41, 5.74) is 0.0600. The van der Waals surface area contributed by atoms with Gasteiger partial charge in [0.2, 0.25) is 15.9 Å². The van der Waals surface area contributed by atoms with Crippen molar-refractivity contribution in [3.63, 3.8) is 0 Å². The summed E-state index contributed by atoms with van der Waals surface area (Å²) in [7, 11) is -7.90. The highest BCUT2D eigenvalue weighted by molar-refractivity contribution is 7.92. The Kier molecular flexibility index (Phi) is 4.36. The number of benzene rings is 1. The number of rotatable bonds is 3. The number of aryl methyl sites for hydroxylation is 1. The predicted octanol–water partition coefficient (Wildman–Crippen LogP) is 1.25. The molecule has 10 nitrogen and oxygen atoms in total. The molecule has 3 heterocycles. The Bertz CT molecular complexity index is 1520. The highest BCUT2D eigenvalue weighted by Gasteiger charge is 2.30. The zero-order chi connectivity index (χ0) is 21.8. The Morgan fingerprint density at radius 2 is 1.93 bits per heavy atom. The van der Waals surface area contributed by atoms with Gasteiger partial charge in [0.05, 0.1) is 17.5 Å². The molecule has 0 amide bonds. The van der Waals surface area contributed by atoms with Crippen molar-refractivity contribution in [3.8, 4) is 5.88 Å². The van der Waals surface area contributed by atoms with Crippen LogP contribution in [-0.2, 0) is 20.0 Å². The van der Waals surface area contributed by atoms with Crippen LogP contribution in [-0.4, -0.2) is 38.4 Å². The molecule has 0 spiro atoms. The van der Waals surface area contributed by atoms with E-state index in [1.807, 2.05) is 0 Å². The minimum atomic E-state index is -4.29. The summed E-state index contributed by atoms with van der Waals surface area (Å²) >= 11 is 0. The molecule has 2 aromatic heterocycles. The Hall–Kier alpha value is -3.38. The van der Waals surface area contributed by atoms with Crippen molar-refractivity contribution in [3.05, 3.63) is 63.9 Å². The molecule has 0 unspecified atom stereocenters. The van der Waals surface area contributed by atoms with E-state index in [0.717, 1.165) is 12.3 Å². The van der Waals surface area contributed by atoms with Gasteiger partial charge in [-0.15, -0.1) is 4.40 Å². The molecule has 0 saturated carbocycles. The van der Waals surface area contributed by atoms with E-state index in [1.165, 1.54) is 22.7 Å². The first-order valence-corrected chi connectivity index (χ1v) is 11.9. The third kappa shape index (κ3) is 3.29. The van der Waals surface area contributed by atoms with Gasteiger partial charge in [0.1, 0.15) is 10.5 Å². The van der Waals surface area contributed by atoms with Crippen molar-refractivity contribution in [1.29, 1.82) is 0 Å². The van der Waals surface area contributed by atoms with E-state index in [0.29, 0.717) is 11.1 Å². The van der Waals surface area contributed by atoms with E-state index in [4.69, 9.17) is 0 Å². The fourth-order valence-electron chi connectivity index (χ4n) is 3.22. The quantitative estimate of drug-likeness (QED) is 0.546. The number of fused-ring (bicyclic) bond motifs is 2. The van der Waals surface area contributed by atoms with Gasteiger partial charge in [0, 0.05) is 17.4 Å². The molecule has 0 bridgehead atoms. The van der Waals surface area contributed by atoms with Gasteiger partial charge in [-0.25, -0.2) is 8.42 Å². The van der Waals surface area contributed by atoms with Gasteiger partial charge < -0.3 is 10.4 Å². The normalized spacial score (nSPS) is 15.2. The lowest BCUT2D eigenvalue weighted by molar-refractivity contribution is 0.443. The molecule has 0 atom stereocenters. The second-order valence-electron chi connectivity index (χ2n) is 6.73. The van der Waals surface area contributed by atoms with E-state index in [1.54, 1.807) is 25.1 Å². The lowest BCUT2D eigenvalue weighted by atomic mass is 10.1. The van der Waals surface area contributed by atoms with Gasteiger partial charge >= 0.3 is 0 Å². The molecule has 1 aromatic carbocycles. The Morgan fingerprint density at radius 1 is 1.20 bits per heavy atom. The van der Waals surface area contributed by atoms with E-state index >= 15 is 0 Å². The van der Waals surface area contributed by atoms with Crippen molar-refractivity contribution >= 4 is 42.8 Å². The van der Waals surface area contributed by atoms with Crippen molar-refractivity contribution < 1.29 is 21.9 Å². The second kappa shape index (κ2) is 6.57. The number of nitrogens with one attached hydrogen (secondary N) is 2. The largest absolute Gasteiger partial charge is 0.494 e. The van der Waals surface area contributed by atoms with Gasteiger partial charge in [-0.3, -0.25) is 13.9 Å². The van der Waals surface area contributed by atoms with Crippen molar-refractivity contribution in [1.82, 2.24) is 4.40 Å². The number of sulfonamides is 2. The molecule has 1 aliphatic rings.